The largest absolute Gasteiger partial charge is 0.491 e. The fraction of sp³-hybridized carbons (Fsp3) is 0.242. The standard InChI is InChI=1S/C33H35NO3/c35-30(24-34-22-21-32(27-13-6-2-7-14-27)28-15-8-3-9-16-28)25-37-31-18-10-17-29(23-31)33(36)20-19-26-11-4-1-5-12-26/h1-18,23,30,32,34-35H,19-22,24-25H2/t30-/m1/s1. The van der Waals surface area contributed by atoms with E-state index in [-0.39, 0.29) is 12.4 Å². The first kappa shape index (κ1) is 26.3. The third-order valence-corrected chi connectivity index (χ3v) is 6.48. The lowest BCUT2D eigenvalue weighted by Gasteiger charge is -2.19. The first-order valence-corrected chi connectivity index (χ1v) is 13.0. The molecule has 4 nitrogen and oxygen atoms in total. The van der Waals surface area contributed by atoms with Crippen LogP contribution in [0.25, 0.3) is 0 Å². The highest BCUT2D eigenvalue weighted by Gasteiger charge is 2.14. The molecule has 4 aromatic carbocycles. The van der Waals surface area contributed by atoms with Gasteiger partial charge in [-0.05, 0) is 48.2 Å². The molecule has 2 N–H and O–H groups in total. The number of hydrogen-bond donors (Lipinski definition) is 2. The first-order chi connectivity index (χ1) is 18.2. The van der Waals surface area contributed by atoms with E-state index in [1.807, 2.05) is 60.7 Å². The molecule has 4 aromatic rings. The van der Waals surface area contributed by atoms with Crippen molar-refractivity contribution in [1.29, 1.82) is 0 Å². The first-order valence-electron chi connectivity index (χ1n) is 13.0. The van der Waals surface area contributed by atoms with Crippen LogP contribution in [0, 0.1) is 0 Å². The molecule has 1 atom stereocenters. The number of nitrogens with one attached hydrogen (secondary N) is 1. The van der Waals surface area contributed by atoms with Crippen LogP contribution in [-0.2, 0) is 6.42 Å². The third kappa shape index (κ3) is 8.42. The number of aliphatic hydroxyl groups is 1. The Hall–Kier alpha value is -3.73. The lowest BCUT2D eigenvalue weighted by molar-refractivity contribution is 0.0980. The number of aryl methyl sites for hydroxylation is 1. The van der Waals surface area contributed by atoms with Gasteiger partial charge in [0.05, 0.1) is 0 Å². The highest BCUT2D eigenvalue weighted by atomic mass is 16.5. The molecule has 0 heterocycles. The molecule has 190 valence electrons. The van der Waals surface area contributed by atoms with E-state index < -0.39 is 6.10 Å². The van der Waals surface area contributed by atoms with E-state index in [0.717, 1.165) is 18.5 Å². The van der Waals surface area contributed by atoms with Crippen LogP contribution in [0.2, 0.25) is 0 Å². The topological polar surface area (TPSA) is 58.6 Å². The summed E-state index contributed by atoms with van der Waals surface area (Å²) >= 11 is 0. The maximum atomic E-state index is 12.6. The maximum absolute atomic E-state index is 12.6. The second-order valence-corrected chi connectivity index (χ2v) is 9.27. The molecule has 0 aliphatic rings. The predicted molar refractivity (Wildman–Crippen MR) is 149 cm³/mol. The zero-order valence-corrected chi connectivity index (χ0v) is 21.1. The van der Waals surface area contributed by atoms with E-state index >= 15 is 0 Å². The van der Waals surface area contributed by atoms with E-state index in [1.165, 1.54) is 11.1 Å². The Labute approximate surface area is 220 Å². The molecule has 4 rings (SSSR count). The van der Waals surface area contributed by atoms with Crippen LogP contribution in [0.1, 0.15) is 45.8 Å². The molecular formula is C33H35NO3. The number of carbonyl (C=O) groups is 1. The average molecular weight is 494 g/mol. The summed E-state index contributed by atoms with van der Waals surface area (Å²) in [5, 5.41) is 13.8. The van der Waals surface area contributed by atoms with Gasteiger partial charge in [0, 0.05) is 24.4 Å². The Morgan fingerprint density at radius 3 is 2.05 bits per heavy atom. The van der Waals surface area contributed by atoms with E-state index in [9.17, 15) is 9.90 Å². The molecule has 4 heteroatoms. The van der Waals surface area contributed by atoms with E-state index in [4.69, 9.17) is 4.74 Å². The van der Waals surface area contributed by atoms with Gasteiger partial charge in [-0.25, -0.2) is 0 Å². The molecule has 0 fully saturated rings. The van der Waals surface area contributed by atoms with Gasteiger partial charge < -0.3 is 15.2 Å². The molecule has 0 unspecified atom stereocenters. The van der Waals surface area contributed by atoms with Crippen LogP contribution >= 0.6 is 0 Å². The van der Waals surface area contributed by atoms with Crippen molar-refractivity contribution in [1.82, 2.24) is 5.32 Å². The lowest BCUT2D eigenvalue weighted by Crippen LogP contribution is -2.32. The van der Waals surface area contributed by atoms with Gasteiger partial charge in [0.15, 0.2) is 5.78 Å². The van der Waals surface area contributed by atoms with Gasteiger partial charge in [0.1, 0.15) is 18.5 Å². The molecule has 0 aromatic heterocycles. The second-order valence-electron chi connectivity index (χ2n) is 9.27. The Morgan fingerprint density at radius 1 is 0.784 bits per heavy atom. The molecule has 0 aliphatic heterocycles. The number of benzene rings is 4. The SMILES string of the molecule is O=C(CCc1ccccc1)c1cccc(OC[C@H](O)CNCCC(c2ccccc2)c2ccccc2)c1. The van der Waals surface area contributed by atoms with Crippen LogP contribution < -0.4 is 10.1 Å². The van der Waals surface area contributed by atoms with Gasteiger partial charge >= 0.3 is 0 Å². The van der Waals surface area contributed by atoms with Crippen molar-refractivity contribution in [3.63, 3.8) is 0 Å². The molecular weight excluding hydrogens is 458 g/mol. The van der Waals surface area contributed by atoms with Crippen molar-refractivity contribution in [2.24, 2.45) is 0 Å². The Kier molecular flexibility index (Phi) is 10.1. The number of ketones is 1. The van der Waals surface area contributed by atoms with Crippen molar-refractivity contribution in [2.45, 2.75) is 31.3 Å². The molecule has 0 aliphatic carbocycles. The Balaban J connectivity index is 1.21. The number of carbonyl (C=O) groups excluding carboxylic acids is 1. The minimum Gasteiger partial charge on any atom is -0.491 e. The van der Waals surface area contributed by atoms with Gasteiger partial charge in [-0.3, -0.25) is 4.79 Å². The second kappa shape index (κ2) is 14.1. The quantitative estimate of drug-likeness (QED) is 0.166. The molecule has 0 spiro atoms. The van der Waals surface area contributed by atoms with Gasteiger partial charge in [0.25, 0.3) is 0 Å². The molecule has 37 heavy (non-hydrogen) atoms. The number of aliphatic hydroxyl groups excluding tert-OH is 1. The minimum atomic E-state index is -0.649. The maximum Gasteiger partial charge on any atom is 0.163 e. The van der Waals surface area contributed by atoms with E-state index in [1.54, 1.807) is 6.07 Å². The van der Waals surface area contributed by atoms with E-state index in [0.29, 0.717) is 36.6 Å². The van der Waals surface area contributed by atoms with Crippen LogP contribution in [-0.4, -0.2) is 36.7 Å². The average Bonchev–Trinajstić information content (AvgIpc) is 2.96. The molecule has 0 radical (unpaired) electrons. The van der Waals surface area contributed by atoms with Crippen LogP contribution in [0.5, 0.6) is 5.75 Å². The zero-order chi connectivity index (χ0) is 25.7. The van der Waals surface area contributed by atoms with Crippen molar-refractivity contribution in [3.8, 4) is 5.75 Å². The third-order valence-electron chi connectivity index (χ3n) is 6.48. The normalized spacial score (nSPS) is 11.8. The van der Waals surface area contributed by atoms with Gasteiger partial charge in [-0.1, -0.05) is 103 Å². The highest BCUT2D eigenvalue weighted by molar-refractivity contribution is 5.96. The van der Waals surface area contributed by atoms with Crippen molar-refractivity contribution >= 4 is 5.78 Å². The molecule has 0 bridgehead atoms. The lowest BCUT2D eigenvalue weighted by atomic mass is 9.88. The van der Waals surface area contributed by atoms with Crippen LogP contribution in [0.4, 0.5) is 0 Å². The number of ether oxygens (including phenoxy) is 1. The molecule has 0 saturated carbocycles. The smallest absolute Gasteiger partial charge is 0.163 e. The fourth-order valence-corrected chi connectivity index (χ4v) is 4.47. The van der Waals surface area contributed by atoms with Crippen molar-refractivity contribution in [3.05, 3.63) is 138 Å². The van der Waals surface area contributed by atoms with Crippen molar-refractivity contribution in [2.75, 3.05) is 19.7 Å². The molecule has 0 amide bonds. The van der Waals surface area contributed by atoms with Gasteiger partial charge in [0.2, 0.25) is 0 Å². The van der Waals surface area contributed by atoms with Crippen LogP contribution in [0.3, 0.4) is 0 Å². The van der Waals surface area contributed by atoms with Crippen molar-refractivity contribution < 1.29 is 14.6 Å². The molecule has 0 saturated heterocycles. The van der Waals surface area contributed by atoms with E-state index in [2.05, 4.69) is 53.8 Å². The predicted octanol–water partition coefficient (Wildman–Crippen LogP) is 6.05. The number of hydrogen-bond acceptors (Lipinski definition) is 4. The summed E-state index contributed by atoms with van der Waals surface area (Å²) in [4.78, 5) is 12.6. The summed E-state index contributed by atoms with van der Waals surface area (Å²) in [6, 6.07) is 38.3. The number of Topliss-reactive ketones (excluding diaryl/α,β-unsaturated/α-hetero) is 1. The van der Waals surface area contributed by atoms with Gasteiger partial charge in [-0.15, -0.1) is 0 Å². The summed E-state index contributed by atoms with van der Waals surface area (Å²) < 4.78 is 5.80. The summed E-state index contributed by atoms with van der Waals surface area (Å²) in [5.74, 6) is 0.978. The van der Waals surface area contributed by atoms with Gasteiger partial charge in [-0.2, -0.15) is 0 Å². The fourth-order valence-electron chi connectivity index (χ4n) is 4.47. The van der Waals surface area contributed by atoms with Crippen LogP contribution in [0.15, 0.2) is 115 Å². The summed E-state index contributed by atoms with van der Waals surface area (Å²) in [6.45, 7) is 1.37. The minimum absolute atomic E-state index is 0.0860. The Morgan fingerprint density at radius 2 is 1.41 bits per heavy atom. The monoisotopic (exact) mass is 493 g/mol. The number of rotatable bonds is 14. The highest BCUT2D eigenvalue weighted by Crippen LogP contribution is 2.27. The summed E-state index contributed by atoms with van der Waals surface area (Å²) in [6.07, 6.45) is 1.44. The zero-order valence-electron chi connectivity index (χ0n) is 21.1. The summed E-state index contributed by atoms with van der Waals surface area (Å²) in [7, 11) is 0. The summed E-state index contributed by atoms with van der Waals surface area (Å²) in [5.41, 5.74) is 4.36. The Bertz CT molecular complexity index is 1170.